The fourth-order valence-electron chi connectivity index (χ4n) is 2.46. The van der Waals surface area contributed by atoms with E-state index in [2.05, 4.69) is 16.1 Å². The topological polar surface area (TPSA) is 61.8 Å². The highest BCUT2D eigenvalue weighted by Gasteiger charge is 2.79. The molecule has 5 nitrogen and oxygen atoms in total. The number of esters is 2. The van der Waals surface area contributed by atoms with Gasteiger partial charge in [-0.3, -0.25) is 4.79 Å². The quantitative estimate of drug-likeness (QED) is 0.430. The summed E-state index contributed by atoms with van der Waals surface area (Å²) in [5, 5.41) is 0. The molecule has 0 amide bonds. The summed E-state index contributed by atoms with van der Waals surface area (Å²) in [6, 6.07) is 0. The Morgan fingerprint density at radius 3 is 2.16 bits per heavy atom. The maximum atomic E-state index is 14.8. The number of rotatable bonds is 4. The van der Waals surface area contributed by atoms with Crippen molar-refractivity contribution >= 4 is 11.9 Å². The van der Waals surface area contributed by atoms with Crippen LogP contribution in [0.2, 0.25) is 0 Å². The van der Waals surface area contributed by atoms with Gasteiger partial charge in [0.25, 0.3) is 0 Å². The molecule has 3 unspecified atom stereocenters. The molecule has 1 saturated heterocycles. The molecular weight excluding hydrogens is 355 g/mol. The zero-order valence-electron chi connectivity index (χ0n) is 14.1. The highest BCUT2D eigenvalue weighted by atomic mass is 19.4. The average Bonchev–Trinajstić information content (AvgIpc) is 2.42. The standard InChI is InChI=1S/C15H19F5O5/c1-8(2)11(22)23-6-10-7-24-13(5,15(18,19)20)14(16,17)12(10,4)25-9(3)21/h10H,1,6-7H2,2-5H3. The minimum Gasteiger partial charge on any atom is -0.462 e. The molecule has 1 fully saturated rings. The summed E-state index contributed by atoms with van der Waals surface area (Å²) in [6.45, 7) is 4.65. The predicted molar refractivity (Wildman–Crippen MR) is 74.8 cm³/mol. The van der Waals surface area contributed by atoms with E-state index in [9.17, 15) is 31.5 Å². The number of alkyl halides is 5. The Morgan fingerprint density at radius 2 is 1.76 bits per heavy atom. The second-order valence-electron chi connectivity index (χ2n) is 6.19. The van der Waals surface area contributed by atoms with Gasteiger partial charge in [0.05, 0.1) is 12.5 Å². The number of hydrogen-bond donors (Lipinski definition) is 0. The Morgan fingerprint density at radius 1 is 1.24 bits per heavy atom. The Bertz CT molecular complexity index is 573. The third-order valence-electron chi connectivity index (χ3n) is 4.24. The molecule has 144 valence electrons. The largest absolute Gasteiger partial charge is 0.462 e. The van der Waals surface area contributed by atoms with E-state index in [0.717, 1.165) is 6.92 Å². The number of hydrogen-bond acceptors (Lipinski definition) is 5. The first kappa shape index (κ1) is 21.3. The molecule has 0 radical (unpaired) electrons. The van der Waals surface area contributed by atoms with E-state index in [1.54, 1.807) is 0 Å². The van der Waals surface area contributed by atoms with Gasteiger partial charge in [0.1, 0.15) is 6.61 Å². The fraction of sp³-hybridized carbons (Fsp3) is 0.733. The van der Waals surface area contributed by atoms with Gasteiger partial charge in [0.2, 0.25) is 5.60 Å². The Hall–Kier alpha value is -1.71. The molecule has 0 aromatic heterocycles. The van der Waals surface area contributed by atoms with Crippen LogP contribution in [-0.4, -0.2) is 48.5 Å². The first-order chi connectivity index (χ1) is 11.1. The number of halogens is 5. The second kappa shape index (κ2) is 6.54. The van der Waals surface area contributed by atoms with Crippen LogP contribution >= 0.6 is 0 Å². The van der Waals surface area contributed by atoms with Crippen LogP contribution in [0.15, 0.2) is 12.2 Å². The Balaban J connectivity index is 3.28. The van der Waals surface area contributed by atoms with E-state index in [1.807, 2.05) is 0 Å². The second-order valence-corrected chi connectivity index (χ2v) is 6.19. The van der Waals surface area contributed by atoms with Gasteiger partial charge in [-0.2, -0.15) is 22.0 Å². The molecule has 1 rings (SSSR count). The first-order valence-corrected chi connectivity index (χ1v) is 7.21. The molecule has 0 bridgehead atoms. The summed E-state index contributed by atoms with van der Waals surface area (Å²) in [7, 11) is 0. The molecule has 0 saturated carbocycles. The van der Waals surface area contributed by atoms with Crippen LogP contribution in [0.4, 0.5) is 22.0 Å². The lowest BCUT2D eigenvalue weighted by molar-refractivity contribution is -0.406. The highest BCUT2D eigenvalue weighted by molar-refractivity contribution is 5.86. The maximum Gasteiger partial charge on any atom is 0.423 e. The van der Waals surface area contributed by atoms with Crippen LogP contribution in [0, 0.1) is 5.92 Å². The summed E-state index contributed by atoms with van der Waals surface area (Å²) in [4.78, 5) is 22.7. The van der Waals surface area contributed by atoms with Crippen molar-refractivity contribution in [2.75, 3.05) is 13.2 Å². The average molecular weight is 374 g/mol. The zero-order chi connectivity index (χ0) is 19.8. The van der Waals surface area contributed by atoms with Crippen molar-refractivity contribution in [2.45, 2.75) is 51.0 Å². The summed E-state index contributed by atoms with van der Waals surface area (Å²) in [5.74, 6) is -8.30. The lowest BCUT2D eigenvalue weighted by atomic mass is 9.73. The minimum absolute atomic E-state index is 0.0298. The van der Waals surface area contributed by atoms with E-state index in [4.69, 9.17) is 4.74 Å². The zero-order valence-corrected chi connectivity index (χ0v) is 14.1. The number of carbonyl (C=O) groups excluding carboxylic acids is 2. The third kappa shape index (κ3) is 3.49. The molecule has 10 heteroatoms. The van der Waals surface area contributed by atoms with Gasteiger partial charge in [-0.1, -0.05) is 6.58 Å². The van der Waals surface area contributed by atoms with Crippen molar-refractivity contribution in [2.24, 2.45) is 5.92 Å². The van der Waals surface area contributed by atoms with E-state index >= 15 is 0 Å². The van der Waals surface area contributed by atoms with Crippen molar-refractivity contribution in [3.8, 4) is 0 Å². The molecule has 0 N–H and O–H groups in total. The van der Waals surface area contributed by atoms with E-state index in [0.29, 0.717) is 6.92 Å². The molecular formula is C15H19F5O5. The van der Waals surface area contributed by atoms with Gasteiger partial charge >= 0.3 is 24.0 Å². The third-order valence-corrected chi connectivity index (χ3v) is 4.24. The summed E-state index contributed by atoms with van der Waals surface area (Å²) in [5.41, 5.74) is -6.81. The maximum absolute atomic E-state index is 14.8. The van der Waals surface area contributed by atoms with Crippen LogP contribution < -0.4 is 0 Å². The van der Waals surface area contributed by atoms with Crippen molar-refractivity contribution in [1.82, 2.24) is 0 Å². The van der Waals surface area contributed by atoms with Crippen molar-refractivity contribution < 1.29 is 45.8 Å². The molecule has 0 spiro atoms. The van der Waals surface area contributed by atoms with Crippen LogP contribution in [0.1, 0.15) is 27.7 Å². The first-order valence-electron chi connectivity index (χ1n) is 7.21. The molecule has 0 aliphatic carbocycles. The van der Waals surface area contributed by atoms with Gasteiger partial charge in [-0.05, 0) is 20.8 Å². The van der Waals surface area contributed by atoms with Gasteiger partial charge in [-0.25, -0.2) is 4.79 Å². The van der Waals surface area contributed by atoms with E-state index < -0.39 is 54.4 Å². The highest BCUT2D eigenvalue weighted by Crippen LogP contribution is 2.56. The van der Waals surface area contributed by atoms with Gasteiger partial charge in [0.15, 0.2) is 5.60 Å². The summed E-state index contributed by atoms with van der Waals surface area (Å²) in [6.07, 6.45) is -5.43. The number of carbonyl (C=O) groups is 2. The van der Waals surface area contributed by atoms with Crippen LogP contribution in [0.25, 0.3) is 0 Å². The fourth-order valence-corrected chi connectivity index (χ4v) is 2.46. The normalized spacial score (nSPS) is 32.0. The van der Waals surface area contributed by atoms with Crippen LogP contribution in [0.3, 0.4) is 0 Å². The van der Waals surface area contributed by atoms with Crippen molar-refractivity contribution in [3.63, 3.8) is 0 Å². The lowest BCUT2D eigenvalue weighted by Crippen LogP contribution is -2.74. The Kier molecular flexibility index (Phi) is 5.58. The van der Waals surface area contributed by atoms with Gasteiger partial charge in [0, 0.05) is 12.5 Å². The summed E-state index contributed by atoms with van der Waals surface area (Å²) < 4.78 is 83.0. The van der Waals surface area contributed by atoms with Gasteiger partial charge < -0.3 is 14.2 Å². The molecule has 3 atom stereocenters. The van der Waals surface area contributed by atoms with E-state index in [-0.39, 0.29) is 12.5 Å². The molecule has 1 heterocycles. The van der Waals surface area contributed by atoms with Gasteiger partial charge in [-0.15, -0.1) is 0 Å². The predicted octanol–water partition coefficient (Wildman–Crippen LogP) is 3.03. The summed E-state index contributed by atoms with van der Waals surface area (Å²) >= 11 is 0. The molecule has 0 aromatic carbocycles. The SMILES string of the molecule is C=C(C)C(=O)OCC1COC(C)(C(F)(F)F)C(F)(F)C1(C)OC(C)=O. The molecule has 25 heavy (non-hydrogen) atoms. The molecule has 1 aliphatic heterocycles. The smallest absolute Gasteiger partial charge is 0.423 e. The molecule has 1 aliphatic rings. The monoisotopic (exact) mass is 374 g/mol. The van der Waals surface area contributed by atoms with Crippen LogP contribution in [-0.2, 0) is 23.8 Å². The van der Waals surface area contributed by atoms with Crippen molar-refractivity contribution in [3.05, 3.63) is 12.2 Å². The van der Waals surface area contributed by atoms with Crippen molar-refractivity contribution in [1.29, 1.82) is 0 Å². The van der Waals surface area contributed by atoms with E-state index in [1.165, 1.54) is 6.92 Å². The minimum atomic E-state index is -5.43. The lowest BCUT2D eigenvalue weighted by Gasteiger charge is -2.53. The Labute approximate surface area is 141 Å². The van der Waals surface area contributed by atoms with Crippen LogP contribution in [0.5, 0.6) is 0 Å². The number of ether oxygens (including phenoxy) is 3. The molecule has 0 aromatic rings.